The number of carbonyl (C=O) groups excluding carboxylic acids is 2. The standard InChI is InChI=1S/C22H29N3O2/c1-15-6-10-20(11-7-15)24-22(27)14-25(5)13-21(26)23-18(4)19-9-8-16(2)17(3)12-19/h6-12,18H,13-14H2,1-5H3,(H,23,26)(H,24,27)/p+1/t18-/m0/s1. The molecular formula is C22H30N3O2+. The zero-order valence-electron chi connectivity index (χ0n) is 16.8. The number of quaternary nitrogens is 1. The van der Waals surface area contributed by atoms with Crippen LogP contribution < -0.4 is 15.5 Å². The largest absolute Gasteiger partial charge is 0.345 e. The zero-order chi connectivity index (χ0) is 20.0. The van der Waals surface area contributed by atoms with Crippen molar-refractivity contribution in [2.24, 2.45) is 0 Å². The van der Waals surface area contributed by atoms with Crippen LogP contribution in [0, 0.1) is 20.8 Å². The van der Waals surface area contributed by atoms with E-state index in [1.807, 2.05) is 51.2 Å². The first-order chi connectivity index (χ1) is 12.7. The number of carbonyl (C=O) groups is 2. The van der Waals surface area contributed by atoms with E-state index in [2.05, 4.69) is 36.6 Å². The van der Waals surface area contributed by atoms with Crippen LogP contribution in [-0.4, -0.2) is 32.0 Å². The van der Waals surface area contributed by atoms with E-state index >= 15 is 0 Å². The van der Waals surface area contributed by atoms with Gasteiger partial charge in [0.15, 0.2) is 13.1 Å². The van der Waals surface area contributed by atoms with Crippen molar-refractivity contribution in [1.29, 1.82) is 0 Å². The Balaban J connectivity index is 1.81. The van der Waals surface area contributed by atoms with Gasteiger partial charge in [0.1, 0.15) is 0 Å². The Morgan fingerprint density at radius 2 is 1.56 bits per heavy atom. The first-order valence-electron chi connectivity index (χ1n) is 9.29. The van der Waals surface area contributed by atoms with Crippen LogP contribution in [0.5, 0.6) is 0 Å². The van der Waals surface area contributed by atoms with Crippen LogP contribution in [0.3, 0.4) is 0 Å². The SMILES string of the molecule is Cc1ccc(NC(=O)C[NH+](C)CC(=O)N[C@@H](C)c2ccc(C)c(C)c2)cc1. The topological polar surface area (TPSA) is 62.6 Å². The van der Waals surface area contributed by atoms with Gasteiger partial charge < -0.3 is 15.5 Å². The molecule has 0 fully saturated rings. The summed E-state index contributed by atoms with van der Waals surface area (Å²) in [4.78, 5) is 25.3. The lowest BCUT2D eigenvalue weighted by Gasteiger charge is -2.18. The summed E-state index contributed by atoms with van der Waals surface area (Å²) in [5.41, 5.74) is 5.45. The maximum atomic E-state index is 12.3. The molecule has 0 saturated heterocycles. The Morgan fingerprint density at radius 3 is 2.19 bits per heavy atom. The molecule has 0 radical (unpaired) electrons. The van der Waals surface area contributed by atoms with E-state index in [1.165, 1.54) is 11.1 Å². The third-order valence-corrected chi connectivity index (χ3v) is 4.67. The molecule has 5 heteroatoms. The van der Waals surface area contributed by atoms with Gasteiger partial charge >= 0.3 is 0 Å². The van der Waals surface area contributed by atoms with Crippen molar-refractivity contribution in [1.82, 2.24) is 5.32 Å². The van der Waals surface area contributed by atoms with E-state index < -0.39 is 0 Å². The van der Waals surface area contributed by atoms with Crippen molar-refractivity contribution in [3.63, 3.8) is 0 Å². The summed E-state index contributed by atoms with van der Waals surface area (Å²) in [5, 5.41) is 5.87. The third kappa shape index (κ3) is 6.53. The molecule has 0 heterocycles. The van der Waals surface area contributed by atoms with Gasteiger partial charge in [0, 0.05) is 5.69 Å². The first kappa shape index (κ1) is 20.6. The molecule has 1 unspecified atom stereocenters. The number of nitrogens with one attached hydrogen (secondary N) is 3. The summed E-state index contributed by atoms with van der Waals surface area (Å²) in [6, 6.07) is 13.8. The van der Waals surface area contributed by atoms with Gasteiger partial charge in [-0.1, -0.05) is 35.9 Å². The number of amides is 2. The number of hydrogen-bond acceptors (Lipinski definition) is 2. The highest BCUT2D eigenvalue weighted by atomic mass is 16.2. The number of benzene rings is 2. The van der Waals surface area contributed by atoms with Gasteiger partial charge in [-0.25, -0.2) is 0 Å². The first-order valence-corrected chi connectivity index (χ1v) is 9.29. The molecule has 0 aromatic heterocycles. The molecule has 0 saturated carbocycles. The second kappa shape index (κ2) is 9.33. The second-order valence-corrected chi connectivity index (χ2v) is 7.36. The van der Waals surface area contributed by atoms with Gasteiger partial charge in [0.2, 0.25) is 0 Å². The van der Waals surface area contributed by atoms with E-state index in [1.54, 1.807) is 0 Å². The van der Waals surface area contributed by atoms with E-state index in [-0.39, 0.29) is 30.9 Å². The lowest BCUT2D eigenvalue weighted by atomic mass is 10.0. The zero-order valence-corrected chi connectivity index (χ0v) is 16.8. The van der Waals surface area contributed by atoms with Gasteiger partial charge in [-0.3, -0.25) is 9.59 Å². The number of hydrogen-bond donors (Lipinski definition) is 3. The molecule has 2 aromatic rings. The molecule has 2 atom stereocenters. The van der Waals surface area contributed by atoms with Crippen LogP contribution in [0.2, 0.25) is 0 Å². The van der Waals surface area contributed by atoms with Crippen molar-refractivity contribution >= 4 is 17.5 Å². The monoisotopic (exact) mass is 368 g/mol. The number of likely N-dealkylation sites (N-methyl/N-ethyl adjacent to an activating group) is 1. The summed E-state index contributed by atoms with van der Waals surface area (Å²) in [6.45, 7) is 8.60. The Labute approximate surface area is 161 Å². The molecule has 2 rings (SSSR count). The Kier molecular flexibility index (Phi) is 7.13. The van der Waals surface area contributed by atoms with Gasteiger partial charge in [-0.05, 0) is 56.5 Å². The van der Waals surface area contributed by atoms with Crippen LogP contribution in [0.1, 0.15) is 35.2 Å². The second-order valence-electron chi connectivity index (χ2n) is 7.36. The fourth-order valence-electron chi connectivity index (χ4n) is 2.86. The molecular weight excluding hydrogens is 338 g/mol. The van der Waals surface area contributed by atoms with Crippen LogP contribution >= 0.6 is 0 Å². The van der Waals surface area contributed by atoms with Crippen molar-refractivity contribution < 1.29 is 14.5 Å². The van der Waals surface area contributed by atoms with Gasteiger partial charge in [-0.15, -0.1) is 0 Å². The van der Waals surface area contributed by atoms with E-state index in [9.17, 15) is 9.59 Å². The van der Waals surface area contributed by atoms with Crippen LogP contribution in [0.15, 0.2) is 42.5 Å². The van der Waals surface area contributed by atoms with Crippen molar-refractivity contribution in [2.75, 3.05) is 25.5 Å². The lowest BCUT2D eigenvalue weighted by Crippen LogP contribution is -3.11. The summed E-state index contributed by atoms with van der Waals surface area (Å²) >= 11 is 0. The molecule has 0 aliphatic rings. The lowest BCUT2D eigenvalue weighted by molar-refractivity contribution is -0.862. The smallest absolute Gasteiger partial charge is 0.279 e. The van der Waals surface area contributed by atoms with Crippen LogP contribution in [0.4, 0.5) is 5.69 Å². The molecule has 2 aromatic carbocycles. The maximum absolute atomic E-state index is 12.3. The fraction of sp³-hybridized carbons (Fsp3) is 0.364. The molecule has 5 nitrogen and oxygen atoms in total. The van der Waals surface area contributed by atoms with Crippen LogP contribution in [0.25, 0.3) is 0 Å². The molecule has 27 heavy (non-hydrogen) atoms. The van der Waals surface area contributed by atoms with Gasteiger partial charge in [0.05, 0.1) is 13.1 Å². The highest BCUT2D eigenvalue weighted by Gasteiger charge is 2.16. The highest BCUT2D eigenvalue weighted by Crippen LogP contribution is 2.16. The molecule has 144 valence electrons. The summed E-state index contributed by atoms with van der Waals surface area (Å²) in [5.74, 6) is -0.173. The van der Waals surface area contributed by atoms with Crippen molar-refractivity contribution in [3.05, 3.63) is 64.7 Å². The van der Waals surface area contributed by atoms with Gasteiger partial charge in [-0.2, -0.15) is 0 Å². The number of rotatable bonds is 7. The molecule has 0 spiro atoms. The Morgan fingerprint density at radius 1 is 0.926 bits per heavy atom. The minimum atomic E-state index is -0.105. The predicted octanol–water partition coefficient (Wildman–Crippen LogP) is 1.94. The number of anilines is 1. The molecule has 0 aliphatic carbocycles. The molecule has 3 N–H and O–H groups in total. The highest BCUT2D eigenvalue weighted by molar-refractivity contribution is 5.91. The summed E-state index contributed by atoms with van der Waals surface area (Å²) < 4.78 is 0. The molecule has 0 bridgehead atoms. The van der Waals surface area contributed by atoms with Gasteiger partial charge in [0.25, 0.3) is 11.8 Å². The summed E-state index contributed by atoms with van der Waals surface area (Å²) in [7, 11) is 1.84. The third-order valence-electron chi connectivity index (χ3n) is 4.67. The molecule has 2 amide bonds. The van der Waals surface area contributed by atoms with E-state index in [0.29, 0.717) is 0 Å². The average molecular weight is 369 g/mol. The van der Waals surface area contributed by atoms with Crippen molar-refractivity contribution in [2.45, 2.75) is 33.7 Å². The van der Waals surface area contributed by atoms with Crippen LogP contribution in [-0.2, 0) is 9.59 Å². The Hall–Kier alpha value is -2.66. The molecule has 0 aliphatic heterocycles. The quantitative estimate of drug-likeness (QED) is 0.699. The summed E-state index contributed by atoms with van der Waals surface area (Å²) in [6.07, 6.45) is 0. The normalized spacial score (nSPS) is 12.9. The Bertz CT molecular complexity index is 800. The van der Waals surface area contributed by atoms with E-state index in [4.69, 9.17) is 0 Å². The predicted molar refractivity (Wildman–Crippen MR) is 109 cm³/mol. The minimum absolute atomic E-state index is 0.0639. The number of aryl methyl sites for hydroxylation is 3. The maximum Gasteiger partial charge on any atom is 0.279 e. The van der Waals surface area contributed by atoms with E-state index in [0.717, 1.165) is 21.7 Å². The fourth-order valence-corrected chi connectivity index (χ4v) is 2.86. The minimum Gasteiger partial charge on any atom is -0.345 e. The van der Waals surface area contributed by atoms with Crippen molar-refractivity contribution in [3.8, 4) is 0 Å². The average Bonchev–Trinajstić information content (AvgIpc) is 2.58.